The number of rotatable bonds is 4. The fourth-order valence-electron chi connectivity index (χ4n) is 3.47. The molecule has 132 valence electrons. The summed E-state index contributed by atoms with van der Waals surface area (Å²) in [6.45, 7) is 2.00. The lowest BCUT2D eigenvalue weighted by Gasteiger charge is -2.06. The molecule has 0 unspecified atom stereocenters. The van der Waals surface area contributed by atoms with Crippen LogP contribution < -0.4 is 0 Å². The highest BCUT2D eigenvalue weighted by atomic mass is 32.1. The first-order valence-electron chi connectivity index (χ1n) is 9.04. The van der Waals surface area contributed by atoms with Gasteiger partial charge < -0.3 is 5.11 Å². The fraction of sp³-hybridized carbons (Fsp3) is 0.350. The monoisotopic (exact) mass is 364 g/mol. The molecule has 4 heterocycles. The Hall–Kier alpha value is -2.31. The summed E-state index contributed by atoms with van der Waals surface area (Å²) >= 11 is 1.61. The summed E-state index contributed by atoms with van der Waals surface area (Å²) < 4.78 is 1.78. The smallest absolute Gasteiger partial charge is 0.181 e. The van der Waals surface area contributed by atoms with E-state index in [1.54, 1.807) is 16.0 Å². The molecule has 0 spiro atoms. The van der Waals surface area contributed by atoms with Gasteiger partial charge in [0.05, 0.1) is 11.8 Å². The average molecular weight is 364 g/mol. The summed E-state index contributed by atoms with van der Waals surface area (Å²) in [5, 5.41) is 16.8. The third-order valence-corrected chi connectivity index (χ3v) is 6.19. The summed E-state index contributed by atoms with van der Waals surface area (Å²) in [7, 11) is 1.91. The van der Waals surface area contributed by atoms with Gasteiger partial charge in [-0.1, -0.05) is 6.92 Å². The second kappa shape index (κ2) is 5.86. The number of aliphatic hydroxyl groups is 1. The lowest BCUT2D eigenvalue weighted by molar-refractivity contribution is 0.177. The molecule has 0 aromatic carbocycles. The Labute approximate surface area is 155 Å². The Morgan fingerprint density at radius 1 is 1.31 bits per heavy atom. The van der Waals surface area contributed by atoms with Crippen LogP contribution in [0.25, 0.3) is 32.5 Å². The summed E-state index contributed by atoms with van der Waals surface area (Å²) in [5.41, 5.74) is 4.09. The van der Waals surface area contributed by atoms with E-state index in [1.807, 2.05) is 26.4 Å². The van der Waals surface area contributed by atoms with Gasteiger partial charge in [-0.15, -0.1) is 11.3 Å². The molecule has 1 saturated carbocycles. The van der Waals surface area contributed by atoms with Crippen molar-refractivity contribution in [2.24, 2.45) is 7.05 Å². The molecular formula is C20H20N4OS. The van der Waals surface area contributed by atoms with Crippen LogP contribution in [0.1, 0.15) is 48.6 Å². The van der Waals surface area contributed by atoms with Crippen molar-refractivity contribution in [3.05, 3.63) is 41.0 Å². The molecule has 4 aromatic rings. The van der Waals surface area contributed by atoms with Crippen LogP contribution in [-0.4, -0.2) is 24.9 Å². The van der Waals surface area contributed by atoms with Gasteiger partial charge in [0, 0.05) is 40.7 Å². The van der Waals surface area contributed by atoms with Gasteiger partial charge in [-0.3, -0.25) is 4.68 Å². The number of aliphatic hydroxyl groups excluding tert-OH is 1. The van der Waals surface area contributed by atoms with Gasteiger partial charge >= 0.3 is 0 Å². The van der Waals surface area contributed by atoms with Gasteiger partial charge in [-0.05, 0) is 48.9 Å². The summed E-state index contributed by atoms with van der Waals surface area (Å²) in [6.07, 6.45) is 6.63. The van der Waals surface area contributed by atoms with Crippen LogP contribution in [0.2, 0.25) is 0 Å². The number of hydrogen-bond acceptors (Lipinski definition) is 5. The van der Waals surface area contributed by atoms with E-state index in [0.29, 0.717) is 5.92 Å². The van der Waals surface area contributed by atoms with E-state index in [-0.39, 0.29) is 0 Å². The maximum absolute atomic E-state index is 10.2. The standard InChI is InChI=1S/C20H20N4OS/c1-3-17(25)18-8-15-14(11-4-5-11)7-16(22-20(15)26-18)12-6-13-10-24(2)23-19(13)21-9-12/h6-11,17,25H,3-5H2,1-2H3/t17-/m1/s1. The van der Waals surface area contributed by atoms with E-state index in [1.165, 1.54) is 23.8 Å². The topological polar surface area (TPSA) is 63.8 Å². The second-order valence-electron chi connectivity index (χ2n) is 7.10. The molecule has 1 aliphatic carbocycles. The van der Waals surface area contributed by atoms with Crippen LogP contribution in [0.15, 0.2) is 30.6 Å². The number of nitrogens with zero attached hydrogens (tertiary/aromatic N) is 4. The SMILES string of the molecule is CC[C@@H](O)c1cc2c(C3CC3)cc(-c3cnc4nn(C)cc4c3)nc2s1. The maximum Gasteiger partial charge on any atom is 0.181 e. The quantitative estimate of drug-likeness (QED) is 0.576. The van der Waals surface area contributed by atoms with Crippen LogP contribution in [-0.2, 0) is 7.05 Å². The Bertz CT molecular complexity index is 1130. The van der Waals surface area contributed by atoms with E-state index in [2.05, 4.69) is 28.3 Å². The van der Waals surface area contributed by atoms with Crippen LogP contribution in [0.3, 0.4) is 0 Å². The molecule has 4 aromatic heterocycles. The van der Waals surface area contributed by atoms with Gasteiger partial charge in [-0.25, -0.2) is 9.97 Å². The van der Waals surface area contributed by atoms with Crippen molar-refractivity contribution in [3.63, 3.8) is 0 Å². The minimum atomic E-state index is -0.405. The molecule has 1 N–H and O–H groups in total. The Balaban J connectivity index is 1.68. The molecule has 0 bridgehead atoms. The predicted octanol–water partition coefficient (Wildman–Crippen LogP) is 4.57. The van der Waals surface area contributed by atoms with Crippen molar-refractivity contribution < 1.29 is 5.11 Å². The maximum atomic E-state index is 10.2. The van der Waals surface area contributed by atoms with Crippen LogP contribution in [0, 0.1) is 0 Å². The lowest BCUT2D eigenvalue weighted by Crippen LogP contribution is -1.90. The highest BCUT2D eigenvalue weighted by Crippen LogP contribution is 2.46. The van der Waals surface area contributed by atoms with E-state index < -0.39 is 6.10 Å². The zero-order chi connectivity index (χ0) is 17.8. The number of pyridine rings is 2. The van der Waals surface area contributed by atoms with Gasteiger partial charge in [0.15, 0.2) is 5.65 Å². The highest BCUT2D eigenvalue weighted by Gasteiger charge is 2.27. The van der Waals surface area contributed by atoms with Crippen molar-refractivity contribution in [2.75, 3.05) is 0 Å². The number of fused-ring (bicyclic) bond motifs is 2. The van der Waals surface area contributed by atoms with Crippen molar-refractivity contribution in [1.29, 1.82) is 0 Å². The molecular weight excluding hydrogens is 344 g/mol. The summed E-state index contributed by atoms with van der Waals surface area (Å²) in [6, 6.07) is 6.46. The molecule has 5 rings (SSSR count). The number of thiophene rings is 1. The number of aromatic nitrogens is 4. The third-order valence-electron chi connectivity index (χ3n) is 5.06. The van der Waals surface area contributed by atoms with Gasteiger partial charge in [-0.2, -0.15) is 5.10 Å². The van der Waals surface area contributed by atoms with E-state index in [9.17, 15) is 5.11 Å². The minimum Gasteiger partial charge on any atom is -0.388 e. The Kier molecular flexibility index (Phi) is 3.58. The van der Waals surface area contributed by atoms with E-state index in [0.717, 1.165) is 38.4 Å². The molecule has 1 atom stereocenters. The first kappa shape index (κ1) is 15.9. The molecule has 0 saturated heterocycles. The molecule has 1 fully saturated rings. The van der Waals surface area contributed by atoms with Crippen molar-refractivity contribution in [3.8, 4) is 11.3 Å². The summed E-state index contributed by atoms with van der Waals surface area (Å²) in [4.78, 5) is 11.4. The molecule has 6 heteroatoms. The first-order chi connectivity index (χ1) is 12.6. The molecule has 0 aliphatic heterocycles. The molecule has 0 radical (unpaired) electrons. The zero-order valence-corrected chi connectivity index (χ0v) is 15.6. The fourth-order valence-corrected chi connectivity index (χ4v) is 4.61. The largest absolute Gasteiger partial charge is 0.388 e. The van der Waals surface area contributed by atoms with Crippen molar-refractivity contribution in [1.82, 2.24) is 19.7 Å². The van der Waals surface area contributed by atoms with Crippen LogP contribution in [0.4, 0.5) is 0 Å². The number of aryl methyl sites for hydroxylation is 1. The first-order valence-corrected chi connectivity index (χ1v) is 9.86. The predicted molar refractivity (Wildman–Crippen MR) is 104 cm³/mol. The van der Waals surface area contributed by atoms with Gasteiger partial charge in [0.25, 0.3) is 0 Å². The van der Waals surface area contributed by atoms with Gasteiger partial charge in [0.1, 0.15) is 4.83 Å². The van der Waals surface area contributed by atoms with Crippen LogP contribution >= 0.6 is 11.3 Å². The summed E-state index contributed by atoms with van der Waals surface area (Å²) in [5.74, 6) is 0.621. The Morgan fingerprint density at radius 3 is 2.92 bits per heavy atom. The molecule has 5 nitrogen and oxygen atoms in total. The molecule has 0 amide bonds. The normalized spacial score (nSPS) is 15.8. The van der Waals surface area contributed by atoms with Crippen LogP contribution in [0.5, 0.6) is 0 Å². The van der Waals surface area contributed by atoms with Gasteiger partial charge in [0.2, 0.25) is 0 Å². The molecule has 26 heavy (non-hydrogen) atoms. The second-order valence-corrected chi connectivity index (χ2v) is 8.16. The van der Waals surface area contributed by atoms with Crippen molar-refractivity contribution in [2.45, 2.75) is 38.2 Å². The third kappa shape index (κ3) is 2.61. The molecule has 1 aliphatic rings. The average Bonchev–Trinajstić information content (AvgIpc) is 3.28. The zero-order valence-electron chi connectivity index (χ0n) is 14.8. The highest BCUT2D eigenvalue weighted by molar-refractivity contribution is 7.18. The van der Waals surface area contributed by atoms with Crippen molar-refractivity contribution >= 4 is 32.6 Å². The minimum absolute atomic E-state index is 0.405. The van der Waals surface area contributed by atoms with E-state index >= 15 is 0 Å². The Morgan fingerprint density at radius 2 is 2.15 bits per heavy atom. The number of hydrogen-bond donors (Lipinski definition) is 1. The lowest BCUT2D eigenvalue weighted by atomic mass is 10.0. The van der Waals surface area contributed by atoms with E-state index in [4.69, 9.17) is 4.98 Å².